The minimum atomic E-state index is 0.962. The van der Waals surface area contributed by atoms with Gasteiger partial charge in [-0.1, -0.05) is 54.1 Å². The normalized spacial score (nSPS) is 15.8. The fourth-order valence-corrected chi connectivity index (χ4v) is 3.27. The van der Waals surface area contributed by atoms with E-state index in [0.29, 0.717) is 0 Å². The van der Waals surface area contributed by atoms with Gasteiger partial charge < -0.3 is 9.80 Å². The summed E-state index contributed by atoms with van der Waals surface area (Å²) in [4.78, 5) is 4.71. The smallest absolute Gasteiger partial charge is 0.159 e. The molecule has 1 aliphatic rings. The van der Waals surface area contributed by atoms with Crippen molar-refractivity contribution >= 4 is 16.6 Å². The van der Waals surface area contributed by atoms with Crippen molar-refractivity contribution in [3.05, 3.63) is 54.1 Å². The molecule has 0 aliphatic carbocycles. The van der Waals surface area contributed by atoms with Gasteiger partial charge >= 0.3 is 0 Å². The van der Waals surface area contributed by atoms with Crippen LogP contribution in [0.3, 0.4) is 0 Å². The summed E-state index contributed by atoms with van der Waals surface area (Å²) in [5, 5.41) is 11.6. The van der Waals surface area contributed by atoms with Crippen LogP contribution in [0.2, 0.25) is 0 Å². The van der Waals surface area contributed by atoms with Gasteiger partial charge in [-0.25, -0.2) is 0 Å². The standard InChI is InChI=1S/C20H22N4/c1-15-7-9-16(10-8-15)19-17-5-3-4-6-18(17)20(22-21-19)24-13-11-23(2)12-14-24/h3-10H,11-14H2,1-2H3. The number of fused-ring (bicyclic) bond motifs is 1. The zero-order valence-electron chi connectivity index (χ0n) is 14.2. The zero-order valence-corrected chi connectivity index (χ0v) is 14.2. The molecule has 0 N–H and O–H groups in total. The highest BCUT2D eigenvalue weighted by atomic mass is 15.3. The van der Waals surface area contributed by atoms with Crippen LogP contribution in [0.25, 0.3) is 22.0 Å². The van der Waals surface area contributed by atoms with Crippen LogP contribution < -0.4 is 4.90 Å². The molecular formula is C20H22N4. The summed E-state index contributed by atoms with van der Waals surface area (Å²) in [6.45, 7) is 6.23. The number of nitrogens with zero attached hydrogens (tertiary/aromatic N) is 4. The number of likely N-dealkylation sites (N-methyl/N-ethyl adjacent to an activating group) is 1. The molecule has 2 heterocycles. The van der Waals surface area contributed by atoms with Crippen LogP contribution in [0, 0.1) is 6.92 Å². The number of anilines is 1. The predicted molar refractivity (Wildman–Crippen MR) is 99.4 cm³/mol. The molecular weight excluding hydrogens is 296 g/mol. The third kappa shape index (κ3) is 2.74. The van der Waals surface area contributed by atoms with E-state index in [2.05, 4.69) is 82.5 Å². The largest absolute Gasteiger partial charge is 0.352 e. The summed E-state index contributed by atoms with van der Waals surface area (Å²) in [5.74, 6) is 1.01. The first-order valence-electron chi connectivity index (χ1n) is 8.48. The van der Waals surface area contributed by atoms with Crippen molar-refractivity contribution in [3.8, 4) is 11.3 Å². The van der Waals surface area contributed by atoms with E-state index in [4.69, 9.17) is 0 Å². The molecule has 0 spiro atoms. The summed E-state index contributed by atoms with van der Waals surface area (Å²) >= 11 is 0. The molecule has 0 unspecified atom stereocenters. The topological polar surface area (TPSA) is 32.3 Å². The van der Waals surface area contributed by atoms with Gasteiger partial charge in [-0.2, -0.15) is 0 Å². The average molecular weight is 318 g/mol. The van der Waals surface area contributed by atoms with Crippen molar-refractivity contribution < 1.29 is 0 Å². The molecule has 1 aliphatic heterocycles. The van der Waals surface area contributed by atoms with Crippen LogP contribution in [0.15, 0.2) is 48.5 Å². The fourth-order valence-electron chi connectivity index (χ4n) is 3.27. The molecule has 3 aromatic rings. The molecule has 1 saturated heterocycles. The lowest BCUT2D eigenvalue weighted by molar-refractivity contribution is 0.312. The quantitative estimate of drug-likeness (QED) is 0.725. The Morgan fingerprint density at radius 1 is 0.792 bits per heavy atom. The van der Waals surface area contributed by atoms with E-state index in [1.807, 2.05) is 0 Å². The molecule has 1 fully saturated rings. The Morgan fingerprint density at radius 3 is 2.17 bits per heavy atom. The Balaban J connectivity index is 1.81. The Kier molecular flexibility index (Phi) is 3.90. The first kappa shape index (κ1) is 15.1. The number of aromatic nitrogens is 2. The SMILES string of the molecule is Cc1ccc(-c2nnc(N3CCN(C)CC3)c3ccccc23)cc1. The van der Waals surface area contributed by atoms with E-state index in [-0.39, 0.29) is 0 Å². The first-order valence-corrected chi connectivity index (χ1v) is 8.48. The van der Waals surface area contributed by atoms with E-state index in [1.165, 1.54) is 16.3 Å². The van der Waals surface area contributed by atoms with E-state index < -0.39 is 0 Å². The highest BCUT2D eigenvalue weighted by Crippen LogP contribution is 2.31. The van der Waals surface area contributed by atoms with Gasteiger partial charge in [0, 0.05) is 42.5 Å². The number of hydrogen-bond donors (Lipinski definition) is 0. The highest BCUT2D eigenvalue weighted by molar-refractivity contribution is 6.00. The van der Waals surface area contributed by atoms with Gasteiger partial charge in [0.25, 0.3) is 0 Å². The first-order chi connectivity index (χ1) is 11.7. The molecule has 0 radical (unpaired) electrons. The monoisotopic (exact) mass is 318 g/mol. The number of rotatable bonds is 2. The number of piperazine rings is 1. The van der Waals surface area contributed by atoms with Crippen molar-refractivity contribution in [2.24, 2.45) is 0 Å². The highest BCUT2D eigenvalue weighted by Gasteiger charge is 2.19. The van der Waals surface area contributed by atoms with Crippen LogP contribution >= 0.6 is 0 Å². The van der Waals surface area contributed by atoms with Crippen LogP contribution in [0.5, 0.6) is 0 Å². The van der Waals surface area contributed by atoms with Crippen LogP contribution in [-0.2, 0) is 0 Å². The molecule has 0 atom stereocenters. The van der Waals surface area contributed by atoms with E-state index in [1.54, 1.807) is 0 Å². The van der Waals surface area contributed by atoms with Gasteiger partial charge in [-0.3, -0.25) is 0 Å². The lowest BCUT2D eigenvalue weighted by atomic mass is 10.0. The molecule has 0 amide bonds. The third-order valence-electron chi connectivity index (χ3n) is 4.80. The van der Waals surface area contributed by atoms with Crippen LogP contribution in [-0.4, -0.2) is 48.3 Å². The summed E-state index contributed by atoms with van der Waals surface area (Å²) in [7, 11) is 2.17. The van der Waals surface area contributed by atoms with Crippen LogP contribution in [0.1, 0.15) is 5.56 Å². The maximum Gasteiger partial charge on any atom is 0.159 e. The molecule has 0 bridgehead atoms. The lowest BCUT2D eigenvalue weighted by Gasteiger charge is -2.33. The van der Waals surface area contributed by atoms with Gasteiger partial charge in [0.1, 0.15) is 5.69 Å². The maximum atomic E-state index is 4.61. The second-order valence-electron chi connectivity index (χ2n) is 6.57. The minimum absolute atomic E-state index is 0.962. The molecule has 0 saturated carbocycles. The molecule has 4 rings (SSSR count). The summed E-state index contributed by atoms with van der Waals surface area (Å²) in [6.07, 6.45) is 0. The second kappa shape index (κ2) is 6.21. The lowest BCUT2D eigenvalue weighted by Crippen LogP contribution is -2.45. The van der Waals surface area contributed by atoms with Gasteiger partial charge in [0.15, 0.2) is 5.82 Å². The average Bonchev–Trinajstić information content (AvgIpc) is 2.62. The van der Waals surface area contributed by atoms with Crippen LogP contribution in [0.4, 0.5) is 5.82 Å². The van der Waals surface area contributed by atoms with E-state index in [9.17, 15) is 0 Å². The van der Waals surface area contributed by atoms with E-state index in [0.717, 1.165) is 43.3 Å². The Labute approximate surface area is 142 Å². The van der Waals surface area contributed by atoms with Gasteiger partial charge in [-0.15, -0.1) is 10.2 Å². The van der Waals surface area contributed by atoms with Gasteiger partial charge in [0.2, 0.25) is 0 Å². The molecule has 1 aromatic heterocycles. The third-order valence-corrected chi connectivity index (χ3v) is 4.80. The van der Waals surface area contributed by atoms with Crippen molar-refractivity contribution in [3.63, 3.8) is 0 Å². The Morgan fingerprint density at radius 2 is 1.46 bits per heavy atom. The maximum absolute atomic E-state index is 4.61. The van der Waals surface area contributed by atoms with Gasteiger partial charge in [0.05, 0.1) is 0 Å². The summed E-state index contributed by atoms with van der Waals surface area (Å²) < 4.78 is 0. The number of benzene rings is 2. The Bertz CT molecular complexity index is 849. The van der Waals surface area contributed by atoms with E-state index >= 15 is 0 Å². The predicted octanol–water partition coefficient (Wildman–Crippen LogP) is 3.36. The summed E-state index contributed by atoms with van der Waals surface area (Å²) in [5.41, 5.74) is 3.34. The molecule has 122 valence electrons. The van der Waals surface area contributed by atoms with Crippen molar-refractivity contribution in [1.29, 1.82) is 0 Å². The van der Waals surface area contributed by atoms with Crippen molar-refractivity contribution in [1.82, 2.24) is 15.1 Å². The Hall–Kier alpha value is -2.46. The number of hydrogen-bond acceptors (Lipinski definition) is 4. The molecule has 4 heteroatoms. The fraction of sp³-hybridized carbons (Fsp3) is 0.300. The molecule has 24 heavy (non-hydrogen) atoms. The number of aryl methyl sites for hydroxylation is 1. The molecule has 4 nitrogen and oxygen atoms in total. The molecule has 2 aromatic carbocycles. The zero-order chi connectivity index (χ0) is 16.5. The summed E-state index contributed by atoms with van der Waals surface area (Å²) in [6, 6.07) is 17.0. The second-order valence-corrected chi connectivity index (χ2v) is 6.57. The van der Waals surface area contributed by atoms with Gasteiger partial charge in [-0.05, 0) is 14.0 Å². The minimum Gasteiger partial charge on any atom is -0.352 e. The van der Waals surface area contributed by atoms with Crippen molar-refractivity contribution in [2.75, 3.05) is 38.1 Å². The van der Waals surface area contributed by atoms with Crippen molar-refractivity contribution in [2.45, 2.75) is 6.92 Å².